The lowest BCUT2D eigenvalue weighted by molar-refractivity contribution is -0.155. The molecule has 0 aliphatic carbocycles. The molecule has 13 heteroatoms. The van der Waals surface area contributed by atoms with Crippen LogP contribution < -0.4 is 4.90 Å². The number of H-pyrrole nitrogens is 1. The number of aromatic nitrogens is 4. The highest BCUT2D eigenvalue weighted by molar-refractivity contribution is 6.31. The van der Waals surface area contributed by atoms with Crippen molar-refractivity contribution in [2.45, 2.75) is 51.0 Å². The van der Waals surface area contributed by atoms with Crippen LogP contribution in [-0.2, 0) is 18.8 Å². The fourth-order valence-electron chi connectivity index (χ4n) is 4.51. The minimum atomic E-state index is -5.18. The van der Waals surface area contributed by atoms with Crippen LogP contribution in [0.1, 0.15) is 55.1 Å². The van der Waals surface area contributed by atoms with Crippen LogP contribution >= 0.6 is 11.6 Å². The van der Waals surface area contributed by atoms with Crippen LogP contribution in [0, 0.1) is 5.92 Å². The van der Waals surface area contributed by atoms with E-state index in [4.69, 9.17) is 11.6 Å². The number of hydrogen-bond acceptors (Lipinski definition) is 5. The Hall–Kier alpha value is -2.60. The summed E-state index contributed by atoms with van der Waals surface area (Å²) in [6.07, 6.45) is -8.49. The molecule has 0 unspecified atom stereocenters. The molecular weight excluding hydrogens is 500 g/mol. The summed E-state index contributed by atoms with van der Waals surface area (Å²) in [5, 5.41) is 10.5. The third kappa shape index (κ3) is 5.32. The Morgan fingerprint density at radius 3 is 2.37 bits per heavy atom. The minimum Gasteiger partial charge on any atom is -0.396 e. The lowest BCUT2D eigenvalue weighted by Gasteiger charge is -2.37. The highest BCUT2D eigenvalue weighted by atomic mass is 35.5. The first-order valence-electron chi connectivity index (χ1n) is 11.0. The molecule has 1 aromatic carbocycles. The van der Waals surface area contributed by atoms with Crippen LogP contribution in [0.4, 0.5) is 32.3 Å². The van der Waals surface area contributed by atoms with Gasteiger partial charge in [-0.1, -0.05) is 18.5 Å². The van der Waals surface area contributed by atoms with Gasteiger partial charge in [0.2, 0.25) is 17.6 Å². The summed E-state index contributed by atoms with van der Waals surface area (Å²) in [7, 11) is 0. The van der Waals surface area contributed by atoms with Crippen molar-refractivity contribution in [2.24, 2.45) is 5.92 Å². The number of hydrogen-bond donors (Lipinski definition) is 2. The van der Waals surface area contributed by atoms with Crippen molar-refractivity contribution in [1.82, 2.24) is 19.9 Å². The van der Waals surface area contributed by atoms with Gasteiger partial charge in [0.15, 0.2) is 0 Å². The maximum atomic E-state index is 13.4. The van der Waals surface area contributed by atoms with Crippen LogP contribution in [0.15, 0.2) is 18.2 Å². The molecule has 4 rings (SSSR count). The average molecular weight is 522 g/mol. The van der Waals surface area contributed by atoms with Crippen molar-refractivity contribution < 1.29 is 31.4 Å². The first-order chi connectivity index (χ1) is 16.4. The Kier molecular flexibility index (Phi) is 6.89. The smallest absolute Gasteiger partial charge is 0.396 e. The summed E-state index contributed by atoms with van der Waals surface area (Å²) >= 11 is 6.15. The molecule has 2 aromatic heterocycles. The molecule has 0 spiro atoms. The maximum absolute atomic E-state index is 13.4. The molecule has 0 saturated heterocycles. The number of nitrogens with zero attached hydrogens (tertiary/aromatic N) is 4. The number of halogens is 7. The van der Waals surface area contributed by atoms with Gasteiger partial charge in [0, 0.05) is 34.8 Å². The average Bonchev–Trinajstić information content (AvgIpc) is 3.14. The van der Waals surface area contributed by atoms with Crippen LogP contribution in [0.25, 0.3) is 10.9 Å². The molecule has 0 bridgehead atoms. The van der Waals surface area contributed by atoms with Crippen LogP contribution in [-0.4, -0.2) is 38.2 Å². The second-order valence-electron chi connectivity index (χ2n) is 8.65. The fourth-order valence-corrected chi connectivity index (χ4v) is 4.68. The van der Waals surface area contributed by atoms with Crippen molar-refractivity contribution in [3.05, 3.63) is 46.1 Å². The first-order valence-corrected chi connectivity index (χ1v) is 11.3. The Balaban J connectivity index is 1.84. The molecule has 0 amide bonds. The van der Waals surface area contributed by atoms with Crippen LogP contribution in [0.3, 0.4) is 0 Å². The number of aromatic amines is 1. The van der Waals surface area contributed by atoms with Gasteiger partial charge in [0.25, 0.3) is 0 Å². The predicted octanol–water partition coefficient (Wildman–Crippen LogP) is 5.95. The highest BCUT2D eigenvalue weighted by Gasteiger charge is 2.43. The van der Waals surface area contributed by atoms with Gasteiger partial charge in [-0.15, -0.1) is 0 Å². The highest BCUT2D eigenvalue weighted by Crippen LogP contribution is 2.41. The molecule has 190 valence electrons. The SMILES string of the molecule is C[C@@H](CCCO)C[C@H]1c2[nH]c3ccc(Cl)cc3c2CCN1c1nc(C(F)(F)F)nc(C(F)(F)F)n1. The van der Waals surface area contributed by atoms with Crippen LogP contribution in [0.5, 0.6) is 0 Å². The third-order valence-corrected chi connectivity index (χ3v) is 6.32. The Bertz CT molecular complexity index is 1180. The van der Waals surface area contributed by atoms with Crippen LogP contribution in [0.2, 0.25) is 5.02 Å². The molecule has 3 aromatic rings. The summed E-state index contributed by atoms with van der Waals surface area (Å²) in [6, 6.07) is 4.63. The number of aliphatic hydroxyl groups is 1. The number of fused-ring (bicyclic) bond motifs is 3. The van der Waals surface area contributed by atoms with Gasteiger partial charge in [-0.25, -0.2) is 4.98 Å². The van der Waals surface area contributed by atoms with Gasteiger partial charge in [0.05, 0.1) is 6.04 Å². The second-order valence-corrected chi connectivity index (χ2v) is 9.09. The Morgan fingerprint density at radius 1 is 1.11 bits per heavy atom. The zero-order valence-corrected chi connectivity index (χ0v) is 19.3. The van der Waals surface area contributed by atoms with E-state index >= 15 is 0 Å². The lowest BCUT2D eigenvalue weighted by atomic mass is 9.89. The number of anilines is 1. The molecule has 35 heavy (non-hydrogen) atoms. The molecule has 1 aliphatic rings. The summed E-state index contributed by atoms with van der Waals surface area (Å²) in [5.74, 6) is -4.46. The van der Waals surface area contributed by atoms with E-state index in [1.165, 1.54) is 4.90 Å². The molecular formula is C22H22ClF6N5O. The molecule has 6 nitrogen and oxygen atoms in total. The molecule has 0 saturated carbocycles. The normalized spacial score (nSPS) is 17.6. The minimum absolute atomic E-state index is 0.00149. The summed E-state index contributed by atoms with van der Waals surface area (Å²) < 4.78 is 80.3. The predicted molar refractivity (Wildman–Crippen MR) is 117 cm³/mol. The van der Waals surface area contributed by atoms with Gasteiger partial charge < -0.3 is 15.0 Å². The number of aliphatic hydroxyl groups excluding tert-OH is 1. The van der Waals surface area contributed by atoms with Crippen molar-refractivity contribution in [1.29, 1.82) is 0 Å². The molecule has 2 N–H and O–H groups in total. The standard InChI is InChI=1S/C22H22ClF6N5O/c1-11(3-2-8-35)9-16-17-13(14-10-12(23)4-5-15(14)30-17)6-7-34(16)20-32-18(21(24,25)26)31-19(33-20)22(27,28)29/h4-5,10-11,16,30,35H,2-3,6-9H2,1H3/t11-,16-/m0/s1. The zero-order valence-electron chi connectivity index (χ0n) is 18.5. The van der Waals surface area contributed by atoms with E-state index in [1.54, 1.807) is 18.2 Å². The van der Waals surface area contributed by atoms with E-state index in [1.807, 2.05) is 6.92 Å². The van der Waals surface area contributed by atoms with E-state index in [0.717, 1.165) is 16.5 Å². The largest absolute Gasteiger partial charge is 0.451 e. The molecule has 0 fully saturated rings. The quantitative estimate of drug-likeness (QED) is 0.392. The monoisotopic (exact) mass is 521 g/mol. The maximum Gasteiger partial charge on any atom is 0.451 e. The van der Waals surface area contributed by atoms with E-state index in [2.05, 4.69) is 19.9 Å². The number of alkyl halides is 6. The molecule has 2 atom stereocenters. The van der Waals surface area contributed by atoms with E-state index < -0.39 is 36.0 Å². The summed E-state index contributed by atoms with van der Waals surface area (Å²) in [4.78, 5) is 14.1. The topological polar surface area (TPSA) is 77.9 Å². The number of rotatable bonds is 6. The second kappa shape index (κ2) is 9.45. The molecule has 0 radical (unpaired) electrons. The van der Waals surface area contributed by atoms with Gasteiger partial charge in [-0.05, 0) is 55.4 Å². The molecule has 1 aliphatic heterocycles. The van der Waals surface area contributed by atoms with Crippen molar-refractivity contribution in [2.75, 3.05) is 18.1 Å². The summed E-state index contributed by atoms with van der Waals surface area (Å²) in [6.45, 7) is 1.99. The third-order valence-electron chi connectivity index (χ3n) is 6.08. The fraction of sp³-hybridized carbons (Fsp3) is 0.500. The lowest BCUT2D eigenvalue weighted by Crippen LogP contribution is -2.38. The number of benzene rings is 1. The Morgan fingerprint density at radius 2 is 1.77 bits per heavy atom. The van der Waals surface area contributed by atoms with Gasteiger partial charge in [0.1, 0.15) is 0 Å². The van der Waals surface area contributed by atoms with Gasteiger partial charge in [-0.2, -0.15) is 36.3 Å². The van der Waals surface area contributed by atoms with Gasteiger partial charge >= 0.3 is 12.4 Å². The van der Waals surface area contributed by atoms with Gasteiger partial charge in [-0.3, -0.25) is 0 Å². The van der Waals surface area contributed by atoms with Crippen molar-refractivity contribution >= 4 is 28.5 Å². The van der Waals surface area contributed by atoms with Crippen molar-refractivity contribution in [3.63, 3.8) is 0 Å². The summed E-state index contributed by atoms with van der Waals surface area (Å²) in [5.41, 5.74) is 2.34. The van der Waals surface area contributed by atoms with Crippen molar-refractivity contribution in [3.8, 4) is 0 Å². The van der Waals surface area contributed by atoms with E-state index in [0.29, 0.717) is 36.4 Å². The first kappa shape index (κ1) is 25.5. The molecule has 3 heterocycles. The Labute approximate surface area is 201 Å². The van der Waals surface area contributed by atoms with E-state index in [9.17, 15) is 31.4 Å². The number of nitrogens with one attached hydrogen (secondary N) is 1. The van der Waals surface area contributed by atoms with E-state index in [-0.39, 0.29) is 19.1 Å². The zero-order chi connectivity index (χ0) is 25.5.